The van der Waals surface area contributed by atoms with Crippen LogP contribution in [0, 0.1) is 0 Å². The van der Waals surface area contributed by atoms with Gasteiger partial charge < -0.3 is 0 Å². The summed E-state index contributed by atoms with van der Waals surface area (Å²) in [6, 6.07) is 0. The average molecular weight is 207 g/mol. The number of unbranched alkanes of at least 4 members (excludes halogenated alkanes) is 3. The Bertz CT molecular complexity index is 165. The first-order chi connectivity index (χ1) is 5.68. The summed E-state index contributed by atoms with van der Waals surface area (Å²) >= 11 is 11.1. The lowest BCUT2D eigenvalue weighted by Crippen LogP contribution is -1.72. The maximum atomic E-state index is 5.56. The van der Waals surface area contributed by atoms with Crippen LogP contribution in [0.2, 0.25) is 0 Å². The van der Waals surface area contributed by atoms with Crippen molar-refractivity contribution in [3.63, 3.8) is 0 Å². The van der Waals surface area contributed by atoms with Crippen LogP contribution >= 0.6 is 23.2 Å². The molecule has 0 heterocycles. The molecule has 0 saturated heterocycles. The molecule has 70 valence electrons. The second-order valence-electron chi connectivity index (χ2n) is 2.84. The first kappa shape index (κ1) is 12.1. The Kier molecular flexibility index (Phi) is 7.73. The van der Waals surface area contributed by atoms with E-state index in [-0.39, 0.29) is 0 Å². The third-order valence-corrected chi connectivity index (χ3v) is 2.24. The molecule has 0 fully saturated rings. The predicted octanol–water partition coefficient (Wildman–Crippen LogP) is 4.83. The number of hydrogen-bond donors (Lipinski definition) is 0. The molecule has 0 saturated carbocycles. The Morgan fingerprint density at radius 3 is 2.42 bits per heavy atom. The normalized spacial score (nSPS) is 10.7. The van der Waals surface area contributed by atoms with E-state index in [0.717, 1.165) is 12.0 Å². The highest BCUT2D eigenvalue weighted by molar-refractivity contribution is 6.56. The average Bonchev–Trinajstić information content (AvgIpc) is 2.03. The zero-order valence-corrected chi connectivity index (χ0v) is 9.25. The molecule has 0 N–H and O–H groups in total. The number of hydrogen-bond acceptors (Lipinski definition) is 0. The van der Waals surface area contributed by atoms with Crippen molar-refractivity contribution in [2.24, 2.45) is 0 Å². The first-order valence-corrected chi connectivity index (χ1v) is 5.12. The minimum absolute atomic E-state index is 0.363. The SMILES string of the molecule is CCCCC/C=C/C(C)=C(Cl)Cl. The van der Waals surface area contributed by atoms with Gasteiger partial charge in [0.25, 0.3) is 0 Å². The fraction of sp³-hybridized carbons (Fsp3) is 0.600. The van der Waals surface area contributed by atoms with Crippen LogP contribution in [-0.4, -0.2) is 0 Å². The van der Waals surface area contributed by atoms with Gasteiger partial charge in [-0.2, -0.15) is 0 Å². The van der Waals surface area contributed by atoms with E-state index >= 15 is 0 Å². The molecule has 0 aliphatic heterocycles. The molecule has 0 aromatic carbocycles. The summed E-state index contributed by atoms with van der Waals surface area (Å²) < 4.78 is 0.363. The van der Waals surface area contributed by atoms with Gasteiger partial charge in [0.15, 0.2) is 0 Å². The molecule has 0 aliphatic rings. The Morgan fingerprint density at radius 2 is 1.92 bits per heavy atom. The lowest BCUT2D eigenvalue weighted by atomic mass is 10.2. The fourth-order valence-electron chi connectivity index (χ4n) is 0.835. The number of allylic oxidation sites excluding steroid dienone is 3. The summed E-state index contributed by atoms with van der Waals surface area (Å²) in [6.07, 6.45) is 9.02. The predicted molar refractivity (Wildman–Crippen MR) is 57.7 cm³/mol. The summed E-state index contributed by atoms with van der Waals surface area (Å²) in [7, 11) is 0. The molecule has 0 rings (SSSR count). The van der Waals surface area contributed by atoms with Crippen LogP contribution in [0.1, 0.15) is 39.5 Å². The molecule has 0 radical (unpaired) electrons. The van der Waals surface area contributed by atoms with Crippen molar-refractivity contribution >= 4 is 23.2 Å². The highest BCUT2D eigenvalue weighted by atomic mass is 35.5. The van der Waals surface area contributed by atoms with E-state index < -0.39 is 0 Å². The number of rotatable bonds is 5. The van der Waals surface area contributed by atoms with Crippen LogP contribution in [0.25, 0.3) is 0 Å². The van der Waals surface area contributed by atoms with Crippen LogP contribution in [0.5, 0.6) is 0 Å². The van der Waals surface area contributed by atoms with E-state index in [9.17, 15) is 0 Å². The molecular weight excluding hydrogens is 191 g/mol. The third kappa shape index (κ3) is 6.75. The van der Waals surface area contributed by atoms with Crippen LogP contribution in [-0.2, 0) is 0 Å². The zero-order valence-electron chi connectivity index (χ0n) is 7.74. The van der Waals surface area contributed by atoms with Crippen molar-refractivity contribution < 1.29 is 0 Å². The van der Waals surface area contributed by atoms with Crippen molar-refractivity contribution in [2.45, 2.75) is 39.5 Å². The molecule has 2 heteroatoms. The quantitative estimate of drug-likeness (QED) is 0.447. The van der Waals surface area contributed by atoms with E-state index in [4.69, 9.17) is 23.2 Å². The van der Waals surface area contributed by atoms with Crippen molar-refractivity contribution in [3.05, 3.63) is 22.2 Å². The number of halogens is 2. The minimum atomic E-state index is 0.363. The monoisotopic (exact) mass is 206 g/mol. The van der Waals surface area contributed by atoms with Gasteiger partial charge in [0.05, 0.1) is 0 Å². The van der Waals surface area contributed by atoms with Crippen LogP contribution in [0.15, 0.2) is 22.2 Å². The third-order valence-electron chi connectivity index (χ3n) is 1.64. The zero-order chi connectivity index (χ0) is 9.40. The van der Waals surface area contributed by atoms with Gasteiger partial charge in [0.2, 0.25) is 0 Å². The molecule has 0 aromatic rings. The second kappa shape index (κ2) is 7.70. The summed E-state index contributed by atoms with van der Waals surface area (Å²) in [6.45, 7) is 4.11. The van der Waals surface area contributed by atoms with Gasteiger partial charge in [-0.25, -0.2) is 0 Å². The Morgan fingerprint density at radius 1 is 1.25 bits per heavy atom. The molecule has 0 bridgehead atoms. The van der Waals surface area contributed by atoms with Gasteiger partial charge in [-0.3, -0.25) is 0 Å². The molecule has 0 amide bonds. The largest absolute Gasteiger partial charge is 0.109 e. The van der Waals surface area contributed by atoms with Crippen LogP contribution < -0.4 is 0 Å². The lowest BCUT2D eigenvalue weighted by Gasteiger charge is -1.93. The maximum Gasteiger partial charge on any atom is 0.109 e. The van der Waals surface area contributed by atoms with Gasteiger partial charge in [0.1, 0.15) is 4.49 Å². The summed E-state index contributed by atoms with van der Waals surface area (Å²) in [5.41, 5.74) is 0.940. The van der Waals surface area contributed by atoms with E-state index in [1.807, 2.05) is 13.0 Å². The topological polar surface area (TPSA) is 0 Å². The van der Waals surface area contributed by atoms with Gasteiger partial charge in [-0.05, 0) is 25.3 Å². The van der Waals surface area contributed by atoms with Gasteiger partial charge in [-0.1, -0.05) is 55.1 Å². The molecule has 0 aliphatic carbocycles. The lowest BCUT2D eigenvalue weighted by molar-refractivity contribution is 0.729. The Hall–Kier alpha value is 0.0600. The minimum Gasteiger partial charge on any atom is -0.0842 e. The van der Waals surface area contributed by atoms with E-state index in [2.05, 4.69) is 13.0 Å². The van der Waals surface area contributed by atoms with Crippen molar-refractivity contribution in [2.75, 3.05) is 0 Å². The highest BCUT2D eigenvalue weighted by Gasteiger charge is 1.88. The summed E-state index contributed by atoms with van der Waals surface area (Å²) in [5.74, 6) is 0. The highest BCUT2D eigenvalue weighted by Crippen LogP contribution is 2.14. The molecule has 0 spiro atoms. The molecule has 0 aromatic heterocycles. The standard InChI is InChI=1S/C10H16Cl2/c1-3-4-5-6-7-8-9(2)10(11)12/h7-8H,3-6H2,1-2H3/b8-7+. The van der Waals surface area contributed by atoms with Crippen molar-refractivity contribution in [3.8, 4) is 0 Å². The van der Waals surface area contributed by atoms with Gasteiger partial charge in [0, 0.05) is 0 Å². The maximum absolute atomic E-state index is 5.56. The summed E-state index contributed by atoms with van der Waals surface area (Å²) in [5, 5.41) is 0. The van der Waals surface area contributed by atoms with Crippen molar-refractivity contribution in [1.29, 1.82) is 0 Å². The summed E-state index contributed by atoms with van der Waals surface area (Å²) in [4.78, 5) is 0. The van der Waals surface area contributed by atoms with Gasteiger partial charge in [-0.15, -0.1) is 0 Å². The molecular formula is C10H16Cl2. The van der Waals surface area contributed by atoms with E-state index in [1.165, 1.54) is 19.3 Å². The van der Waals surface area contributed by atoms with E-state index in [1.54, 1.807) is 0 Å². The molecule has 0 unspecified atom stereocenters. The van der Waals surface area contributed by atoms with E-state index in [0.29, 0.717) is 4.49 Å². The molecule has 0 nitrogen and oxygen atoms in total. The molecule has 0 atom stereocenters. The molecule has 12 heavy (non-hydrogen) atoms. The Balaban J connectivity index is 3.56. The van der Waals surface area contributed by atoms with Crippen LogP contribution in [0.4, 0.5) is 0 Å². The second-order valence-corrected chi connectivity index (χ2v) is 3.79. The van der Waals surface area contributed by atoms with Crippen LogP contribution in [0.3, 0.4) is 0 Å². The van der Waals surface area contributed by atoms with Crippen molar-refractivity contribution in [1.82, 2.24) is 0 Å². The Labute approximate surface area is 85.3 Å². The fourth-order valence-corrected chi connectivity index (χ4v) is 0.961. The first-order valence-electron chi connectivity index (χ1n) is 4.37. The smallest absolute Gasteiger partial charge is 0.0842 e. The van der Waals surface area contributed by atoms with Gasteiger partial charge >= 0.3 is 0 Å².